The lowest BCUT2D eigenvalue weighted by Gasteiger charge is -2.40. The number of rotatable bonds is 5. The van der Waals surface area contributed by atoms with Gasteiger partial charge in [-0.25, -0.2) is 4.79 Å². The molecule has 6 atom stereocenters. The monoisotopic (exact) mass is 489 g/mol. The van der Waals surface area contributed by atoms with Crippen molar-refractivity contribution in [3.63, 3.8) is 0 Å². The van der Waals surface area contributed by atoms with Gasteiger partial charge in [0.2, 0.25) is 6.29 Å². The second-order valence-electron chi connectivity index (χ2n) is 8.85. The molecule has 0 radical (unpaired) electrons. The molecule has 188 valence electrons. The van der Waals surface area contributed by atoms with Crippen LogP contribution < -0.4 is 19.5 Å². The van der Waals surface area contributed by atoms with E-state index in [-0.39, 0.29) is 23.3 Å². The van der Waals surface area contributed by atoms with Gasteiger partial charge in [-0.1, -0.05) is 0 Å². The molecular formula is C24H27NO10. The van der Waals surface area contributed by atoms with Crippen LogP contribution in [-0.4, -0.2) is 83.0 Å². The minimum absolute atomic E-state index is 0.0106. The van der Waals surface area contributed by atoms with E-state index in [4.69, 9.17) is 18.9 Å². The zero-order valence-electron chi connectivity index (χ0n) is 19.1. The molecule has 2 aromatic rings. The number of aromatic hydroxyl groups is 1. The molecule has 1 fully saturated rings. The van der Waals surface area contributed by atoms with E-state index in [9.17, 15) is 30.3 Å². The van der Waals surface area contributed by atoms with E-state index < -0.39 is 36.7 Å². The molecule has 0 bridgehead atoms. The van der Waals surface area contributed by atoms with Gasteiger partial charge in [0.25, 0.3) is 0 Å². The number of aliphatic hydroxyl groups is 3. The molecule has 1 aliphatic carbocycles. The molecule has 6 unspecified atom stereocenters. The van der Waals surface area contributed by atoms with E-state index in [0.717, 1.165) is 29.7 Å². The predicted octanol–water partition coefficient (Wildman–Crippen LogP) is 0.0903. The van der Waals surface area contributed by atoms with Crippen LogP contribution in [0.25, 0.3) is 11.1 Å². The molecule has 35 heavy (non-hydrogen) atoms. The summed E-state index contributed by atoms with van der Waals surface area (Å²) in [6.07, 6.45) is -7.47. The van der Waals surface area contributed by atoms with E-state index in [1.807, 2.05) is 6.07 Å². The number of fused-ring (bicyclic) bond motifs is 2. The maximum absolute atomic E-state index is 11.6. The van der Waals surface area contributed by atoms with Crippen molar-refractivity contribution in [2.24, 2.45) is 0 Å². The highest BCUT2D eigenvalue weighted by atomic mass is 16.7. The molecule has 2 aromatic carbocycles. The number of hydrogen-bond donors (Lipinski definition) is 6. The Morgan fingerprint density at radius 3 is 2.46 bits per heavy atom. The minimum Gasteiger partial charge on any atom is -0.504 e. The Kier molecular flexibility index (Phi) is 5.98. The van der Waals surface area contributed by atoms with Gasteiger partial charge in [-0.05, 0) is 59.8 Å². The Balaban J connectivity index is 1.68. The van der Waals surface area contributed by atoms with Crippen LogP contribution in [-0.2, 0) is 22.4 Å². The Morgan fingerprint density at radius 2 is 1.77 bits per heavy atom. The third kappa shape index (κ3) is 3.76. The fourth-order valence-corrected chi connectivity index (χ4v) is 5.17. The van der Waals surface area contributed by atoms with Crippen molar-refractivity contribution in [1.82, 2.24) is 5.32 Å². The summed E-state index contributed by atoms with van der Waals surface area (Å²) in [6, 6.07) is 5.07. The first-order chi connectivity index (χ1) is 16.7. The summed E-state index contributed by atoms with van der Waals surface area (Å²) < 4.78 is 22.4. The van der Waals surface area contributed by atoms with Gasteiger partial charge in [0.05, 0.1) is 14.2 Å². The number of hydrogen-bond acceptors (Lipinski definition) is 10. The normalized spacial score (nSPS) is 29.1. The molecule has 11 heteroatoms. The lowest BCUT2D eigenvalue weighted by molar-refractivity contribution is -0.271. The van der Waals surface area contributed by atoms with Crippen molar-refractivity contribution in [3.8, 4) is 34.1 Å². The molecule has 0 aromatic heterocycles. The molecule has 1 saturated heterocycles. The topological polar surface area (TPSA) is 167 Å². The van der Waals surface area contributed by atoms with Gasteiger partial charge in [-0.2, -0.15) is 0 Å². The lowest BCUT2D eigenvalue weighted by atomic mass is 9.77. The molecule has 6 N–H and O–H groups in total. The van der Waals surface area contributed by atoms with Crippen LogP contribution in [0.1, 0.15) is 22.7 Å². The van der Waals surface area contributed by atoms with Crippen LogP contribution in [0.3, 0.4) is 0 Å². The van der Waals surface area contributed by atoms with Crippen LogP contribution in [0.2, 0.25) is 0 Å². The first kappa shape index (κ1) is 23.6. The van der Waals surface area contributed by atoms with Crippen molar-refractivity contribution < 1.29 is 49.3 Å². The summed E-state index contributed by atoms with van der Waals surface area (Å²) in [7, 11) is 2.90. The molecule has 3 aliphatic rings. The molecule has 2 aliphatic heterocycles. The first-order valence-electron chi connectivity index (χ1n) is 11.2. The number of benzene rings is 2. The van der Waals surface area contributed by atoms with E-state index in [1.165, 1.54) is 14.2 Å². The fourth-order valence-electron chi connectivity index (χ4n) is 5.17. The van der Waals surface area contributed by atoms with Crippen LogP contribution in [0.15, 0.2) is 18.2 Å². The van der Waals surface area contributed by atoms with E-state index >= 15 is 0 Å². The average molecular weight is 489 g/mol. The van der Waals surface area contributed by atoms with Gasteiger partial charge in [-0.3, -0.25) is 0 Å². The molecule has 11 nitrogen and oxygen atoms in total. The van der Waals surface area contributed by atoms with Crippen molar-refractivity contribution in [2.75, 3.05) is 20.8 Å². The van der Waals surface area contributed by atoms with Crippen molar-refractivity contribution in [1.29, 1.82) is 0 Å². The smallest absolute Gasteiger partial charge is 0.335 e. The van der Waals surface area contributed by atoms with E-state index in [2.05, 4.69) is 5.32 Å². The van der Waals surface area contributed by atoms with Crippen LogP contribution in [0.4, 0.5) is 0 Å². The third-order valence-electron chi connectivity index (χ3n) is 6.87. The maximum Gasteiger partial charge on any atom is 0.335 e. The van der Waals surface area contributed by atoms with Gasteiger partial charge >= 0.3 is 5.97 Å². The first-order valence-corrected chi connectivity index (χ1v) is 11.2. The van der Waals surface area contributed by atoms with Crippen LogP contribution in [0.5, 0.6) is 23.0 Å². The van der Waals surface area contributed by atoms with Crippen molar-refractivity contribution >= 4 is 5.97 Å². The second-order valence-corrected chi connectivity index (χ2v) is 8.85. The number of aliphatic carboxylic acids is 1. The number of carboxylic acids is 1. The number of carboxylic acid groups (broad SMARTS) is 1. The summed E-state index contributed by atoms with van der Waals surface area (Å²) >= 11 is 0. The number of aliphatic hydroxyl groups excluding tert-OH is 3. The molecule has 0 saturated carbocycles. The number of carbonyl (C=O) groups is 1. The standard InChI is InChI=1S/C24H27NO10/c1-32-14-8-11-10(6-13(14)26)5-12-16-9(3-4-25-12)7-15(33-2)21(17(11)16)34-24-20(29)18(27)19(28)22(35-24)23(30)31/h6-8,12,18-20,22,24-29H,3-5H2,1-2H3,(H,30,31). The van der Waals surface area contributed by atoms with Gasteiger partial charge < -0.3 is 49.8 Å². The lowest BCUT2D eigenvalue weighted by Crippen LogP contribution is -2.61. The summed E-state index contributed by atoms with van der Waals surface area (Å²) in [5.74, 6) is -0.769. The van der Waals surface area contributed by atoms with Crippen LogP contribution >= 0.6 is 0 Å². The molecule has 2 heterocycles. The van der Waals surface area contributed by atoms with Crippen LogP contribution in [0, 0.1) is 0 Å². The zero-order valence-corrected chi connectivity index (χ0v) is 19.1. The summed E-state index contributed by atoms with van der Waals surface area (Å²) in [5, 5.41) is 54.1. The molecule has 5 rings (SSSR count). The average Bonchev–Trinajstić information content (AvgIpc) is 2.84. The minimum atomic E-state index is -1.84. The number of ether oxygens (including phenoxy) is 4. The van der Waals surface area contributed by atoms with Crippen molar-refractivity contribution in [3.05, 3.63) is 34.9 Å². The van der Waals surface area contributed by atoms with Gasteiger partial charge in [0, 0.05) is 11.6 Å². The Labute approximate surface area is 200 Å². The summed E-state index contributed by atoms with van der Waals surface area (Å²) in [4.78, 5) is 11.6. The number of phenols is 1. The zero-order chi connectivity index (χ0) is 25.0. The quantitative estimate of drug-likeness (QED) is 0.337. The second kappa shape index (κ2) is 8.85. The molecule has 0 spiro atoms. The Morgan fingerprint density at radius 1 is 1.03 bits per heavy atom. The summed E-state index contributed by atoms with van der Waals surface area (Å²) in [6.45, 7) is 0.743. The molecule has 0 amide bonds. The molecular weight excluding hydrogens is 462 g/mol. The highest BCUT2D eigenvalue weighted by Crippen LogP contribution is 2.53. The Hall–Kier alpha value is -3.09. The number of phenolic OH excluding ortho intramolecular Hbond substituents is 1. The highest BCUT2D eigenvalue weighted by Gasteiger charge is 2.49. The fraction of sp³-hybridized carbons (Fsp3) is 0.458. The third-order valence-corrected chi connectivity index (χ3v) is 6.87. The Bertz CT molecular complexity index is 1170. The van der Waals surface area contributed by atoms with E-state index in [0.29, 0.717) is 23.3 Å². The van der Waals surface area contributed by atoms with Gasteiger partial charge in [0.15, 0.2) is 29.1 Å². The number of methoxy groups -OCH3 is 2. The van der Waals surface area contributed by atoms with Crippen molar-refractivity contribution in [2.45, 2.75) is 49.6 Å². The summed E-state index contributed by atoms with van der Waals surface area (Å²) in [5.41, 5.74) is 4.15. The van der Waals surface area contributed by atoms with Gasteiger partial charge in [-0.15, -0.1) is 0 Å². The largest absolute Gasteiger partial charge is 0.504 e. The van der Waals surface area contributed by atoms with Gasteiger partial charge in [0.1, 0.15) is 18.3 Å². The highest BCUT2D eigenvalue weighted by molar-refractivity contribution is 5.85. The number of nitrogens with one attached hydrogen (secondary N) is 1. The van der Waals surface area contributed by atoms with E-state index in [1.54, 1.807) is 12.1 Å². The SMILES string of the molecule is COc1cc2c(cc1O)CC1NCCc3cc(OC)c(OC4OC(C(=O)O)C(O)C(O)C4O)c-2c31. The maximum atomic E-state index is 11.6. The predicted molar refractivity (Wildman–Crippen MR) is 120 cm³/mol.